The summed E-state index contributed by atoms with van der Waals surface area (Å²) in [5, 5.41) is 19.6. The summed E-state index contributed by atoms with van der Waals surface area (Å²) in [6.07, 6.45) is 3.88. The van der Waals surface area contributed by atoms with Crippen LogP contribution < -0.4 is 16.0 Å². The summed E-state index contributed by atoms with van der Waals surface area (Å²) in [5.41, 5.74) is -0.132. The first-order chi connectivity index (χ1) is 10.9. The molecule has 1 amide bonds. The minimum Gasteiger partial charge on any atom is -0.392 e. The number of guanidine groups is 1. The second kappa shape index (κ2) is 11.9. The number of aliphatic hydroxyl groups excluding tert-OH is 1. The van der Waals surface area contributed by atoms with Gasteiger partial charge in [-0.3, -0.25) is 9.79 Å². The van der Waals surface area contributed by atoms with Crippen LogP contribution in [0.4, 0.5) is 0 Å². The van der Waals surface area contributed by atoms with E-state index in [2.05, 4.69) is 27.9 Å². The first-order valence-corrected chi connectivity index (χ1v) is 8.87. The summed E-state index contributed by atoms with van der Waals surface area (Å²) in [6.45, 7) is 10.5. The Kier molecular flexibility index (Phi) is 11.6. The van der Waals surface area contributed by atoms with E-state index in [0.717, 1.165) is 38.2 Å². The van der Waals surface area contributed by atoms with Gasteiger partial charge in [0, 0.05) is 31.0 Å². The van der Waals surface area contributed by atoms with Crippen molar-refractivity contribution >= 4 is 35.8 Å². The topological polar surface area (TPSA) is 85.8 Å². The fraction of sp³-hybridized carbons (Fsp3) is 0.882. The Hall–Kier alpha value is -0.570. The molecule has 2 atom stereocenters. The van der Waals surface area contributed by atoms with Crippen LogP contribution in [0.3, 0.4) is 0 Å². The van der Waals surface area contributed by atoms with Gasteiger partial charge in [0.15, 0.2) is 5.96 Å². The highest BCUT2D eigenvalue weighted by atomic mass is 127. The molecule has 1 aliphatic carbocycles. The largest absolute Gasteiger partial charge is 0.392 e. The quantitative estimate of drug-likeness (QED) is 0.205. The molecule has 1 rings (SSSR count). The number of halogens is 1. The van der Waals surface area contributed by atoms with E-state index in [1.807, 2.05) is 20.8 Å². The molecule has 0 aromatic carbocycles. The van der Waals surface area contributed by atoms with E-state index in [1.54, 1.807) is 0 Å². The van der Waals surface area contributed by atoms with Gasteiger partial charge in [-0.1, -0.05) is 33.6 Å². The SMILES string of the molecule is CCNC(=NCC1(C)CCCCC1O)NCCNC(=O)C(C)C.I. The molecular weight excluding hydrogens is 419 g/mol. The molecule has 0 aliphatic heterocycles. The lowest BCUT2D eigenvalue weighted by Crippen LogP contribution is -2.44. The van der Waals surface area contributed by atoms with Crippen LogP contribution in [-0.4, -0.2) is 49.3 Å². The van der Waals surface area contributed by atoms with E-state index >= 15 is 0 Å². The van der Waals surface area contributed by atoms with Crippen molar-refractivity contribution < 1.29 is 9.90 Å². The van der Waals surface area contributed by atoms with Gasteiger partial charge in [-0.2, -0.15) is 0 Å². The zero-order valence-corrected chi connectivity index (χ0v) is 17.9. The molecule has 0 aromatic rings. The van der Waals surface area contributed by atoms with Crippen LogP contribution in [0.2, 0.25) is 0 Å². The maximum absolute atomic E-state index is 11.5. The molecule has 0 radical (unpaired) electrons. The van der Waals surface area contributed by atoms with E-state index in [9.17, 15) is 9.90 Å². The Morgan fingerprint density at radius 1 is 1.25 bits per heavy atom. The van der Waals surface area contributed by atoms with E-state index in [1.165, 1.54) is 0 Å². The lowest BCUT2D eigenvalue weighted by molar-refractivity contribution is -0.123. The van der Waals surface area contributed by atoms with Crippen molar-refractivity contribution in [2.45, 2.75) is 59.5 Å². The van der Waals surface area contributed by atoms with Crippen LogP contribution in [-0.2, 0) is 4.79 Å². The zero-order chi connectivity index (χ0) is 17.3. The Balaban J connectivity index is 0.00000529. The molecule has 142 valence electrons. The molecule has 24 heavy (non-hydrogen) atoms. The van der Waals surface area contributed by atoms with Crippen molar-refractivity contribution in [1.29, 1.82) is 0 Å². The van der Waals surface area contributed by atoms with Crippen LogP contribution in [0.5, 0.6) is 0 Å². The number of carbonyl (C=O) groups excluding carboxylic acids is 1. The van der Waals surface area contributed by atoms with Gasteiger partial charge in [0.2, 0.25) is 5.91 Å². The number of nitrogens with one attached hydrogen (secondary N) is 3. The van der Waals surface area contributed by atoms with Gasteiger partial charge in [-0.15, -0.1) is 24.0 Å². The number of aliphatic imine (C=N–C) groups is 1. The summed E-state index contributed by atoms with van der Waals surface area (Å²) in [4.78, 5) is 16.1. The van der Waals surface area contributed by atoms with Crippen LogP contribution in [0.25, 0.3) is 0 Å². The summed E-state index contributed by atoms with van der Waals surface area (Å²) >= 11 is 0. The smallest absolute Gasteiger partial charge is 0.222 e. The van der Waals surface area contributed by atoms with Gasteiger partial charge < -0.3 is 21.1 Å². The second-order valence-electron chi connectivity index (χ2n) is 6.98. The molecule has 0 bridgehead atoms. The highest BCUT2D eigenvalue weighted by Crippen LogP contribution is 2.36. The van der Waals surface area contributed by atoms with E-state index < -0.39 is 0 Å². The molecule has 0 heterocycles. The Morgan fingerprint density at radius 3 is 2.50 bits per heavy atom. The summed E-state index contributed by atoms with van der Waals surface area (Å²) in [7, 11) is 0. The van der Waals surface area contributed by atoms with Crippen molar-refractivity contribution in [2.24, 2.45) is 16.3 Å². The summed E-state index contributed by atoms with van der Waals surface area (Å²) in [6, 6.07) is 0. The zero-order valence-electron chi connectivity index (χ0n) is 15.5. The Labute approximate surface area is 163 Å². The predicted octanol–water partition coefficient (Wildman–Crippen LogP) is 1.87. The lowest BCUT2D eigenvalue weighted by Gasteiger charge is -2.37. The van der Waals surface area contributed by atoms with Crippen molar-refractivity contribution in [3.63, 3.8) is 0 Å². The normalized spacial score (nSPS) is 24.2. The number of hydrogen-bond donors (Lipinski definition) is 4. The summed E-state index contributed by atoms with van der Waals surface area (Å²) < 4.78 is 0. The Bertz CT molecular complexity index is 404. The van der Waals surface area contributed by atoms with Crippen molar-refractivity contribution in [1.82, 2.24) is 16.0 Å². The number of aliphatic hydroxyl groups is 1. The predicted molar refractivity (Wildman–Crippen MR) is 110 cm³/mol. The first-order valence-electron chi connectivity index (χ1n) is 8.87. The van der Waals surface area contributed by atoms with Gasteiger partial charge >= 0.3 is 0 Å². The minimum atomic E-state index is -0.270. The molecule has 0 saturated heterocycles. The number of hydrogen-bond acceptors (Lipinski definition) is 3. The average Bonchev–Trinajstić information content (AvgIpc) is 2.51. The summed E-state index contributed by atoms with van der Waals surface area (Å²) in [5.74, 6) is 0.807. The molecule has 6 nitrogen and oxygen atoms in total. The lowest BCUT2D eigenvalue weighted by atomic mass is 9.73. The van der Waals surface area contributed by atoms with Crippen LogP contribution >= 0.6 is 24.0 Å². The number of amides is 1. The Morgan fingerprint density at radius 2 is 1.92 bits per heavy atom. The monoisotopic (exact) mass is 454 g/mol. The molecule has 7 heteroatoms. The van der Waals surface area contributed by atoms with Gasteiger partial charge in [0.25, 0.3) is 0 Å². The van der Waals surface area contributed by atoms with E-state index in [-0.39, 0.29) is 47.3 Å². The third-order valence-corrected chi connectivity index (χ3v) is 4.46. The molecule has 0 aromatic heterocycles. The molecule has 1 fully saturated rings. The molecule has 2 unspecified atom stereocenters. The fourth-order valence-electron chi connectivity index (χ4n) is 2.74. The second-order valence-corrected chi connectivity index (χ2v) is 6.98. The molecular formula is C17H35IN4O2. The van der Waals surface area contributed by atoms with Crippen LogP contribution in [0.1, 0.15) is 53.4 Å². The standard InChI is InChI=1S/C17H34N4O2.HI/c1-5-18-16(20-11-10-19-15(23)13(2)3)21-12-17(4)9-7-6-8-14(17)22;/h13-14,22H,5-12H2,1-4H3,(H,19,23)(H2,18,20,21);1H. The van der Waals surface area contributed by atoms with Gasteiger partial charge in [0.05, 0.1) is 12.6 Å². The van der Waals surface area contributed by atoms with Crippen molar-refractivity contribution in [3.05, 3.63) is 0 Å². The fourth-order valence-corrected chi connectivity index (χ4v) is 2.74. The average molecular weight is 454 g/mol. The van der Waals surface area contributed by atoms with Gasteiger partial charge in [-0.25, -0.2) is 0 Å². The van der Waals surface area contributed by atoms with Crippen molar-refractivity contribution in [3.8, 4) is 0 Å². The van der Waals surface area contributed by atoms with Crippen LogP contribution in [0, 0.1) is 11.3 Å². The molecule has 0 spiro atoms. The maximum Gasteiger partial charge on any atom is 0.222 e. The molecule has 1 aliphatic rings. The van der Waals surface area contributed by atoms with Gasteiger partial charge in [-0.05, 0) is 19.8 Å². The third kappa shape index (κ3) is 8.00. The van der Waals surface area contributed by atoms with Crippen LogP contribution in [0.15, 0.2) is 4.99 Å². The highest BCUT2D eigenvalue weighted by Gasteiger charge is 2.35. The highest BCUT2D eigenvalue weighted by molar-refractivity contribution is 14.0. The number of carbonyl (C=O) groups is 1. The van der Waals surface area contributed by atoms with E-state index in [0.29, 0.717) is 19.6 Å². The van der Waals surface area contributed by atoms with Crippen molar-refractivity contribution in [2.75, 3.05) is 26.2 Å². The number of nitrogens with zero attached hydrogens (tertiary/aromatic N) is 1. The van der Waals surface area contributed by atoms with E-state index in [4.69, 9.17) is 0 Å². The molecule has 4 N–H and O–H groups in total. The van der Waals surface area contributed by atoms with Gasteiger partial charge in [0.1, 0.15) is 0 Å². The maximum atomic E-state index is 11.5. The number of rotatable bonds is 7. The molecule has 1 saturated carbocycles. The third-order valence-electron chi connectivity index (χ3n) is 4.46. The minimum absolute atomic E-state index is 0. The first kappa shape index (κ1) is 23.4.